The van der Waals surface area contributed by atoms with Gasteiger partial charge in [0.2, 0.25) is 0 Å². The van der Waals surface area contributed by atoms with E-state index in [-0.39, 0.29) is 11.0 Å². The van der Waals surface area contributed by atoms with Gasteiger partial charge in [0.1, 0.15) is 5.82 Å². The molecule has 21 heavy (non-hydrogen) atoms. The second kappa shape index (κ2) is 5.55. The molecule has 0 fully saturated rings. The summed E-state index contributed by atoms with van der Waals surface area (Å²) >= 11 is 0. The number of rotatable bonds is 4. The number of H-pyrrole nitrogens is 1. The molecule has 0 aliphatic heterocycles. The van der Waals surface area contributed by atoms with E-state index in [2.05, 4.69) is 36.3 Å². The average Bonchev–Trinajstić information content (AvgIpc) is 2.85. The van der Waals surface area contributed by atoms with Crippen LogP contribution >= 0.6 is 0 Å². The second-order valence-corrected chi connectivity index (χ2v) is 5.87. The van der Waals surface area contributed by atoms with Crippen LogP contribution in [0.4, 0.5) is 10.1 Å². The number of benzene rings is 1. The van der Waals surface area contributed by atoms with Gasteiger partial charge in [-0.2, -0.15) is 5.10 Å². The maximum Gasteiger partial charge on any atom is 0.338 e. The third kappa shape index (κ3) is 3.39. The third-order valence-corrected chi connectivity index (χ3v) is 3.15. The standard InChI is InChI=1S/C15H18FN3O2/c1-15(2,3)13-9(8-18-19-13)7-17-10-4-5-12(16)11(6-10)14(20)21/h4-6,8,17H,7H2,1-3H3,(H,18,19)(H,20,21). The minimum atomic E-state index is -1.28. The fraction of sp³-hybridized carbons (Fsp3) is 0.333. The van der Waals surface area contributed by atoms with Crippen molar-refractivity contribution in [2.75, 3.05) is 5.32 Å². The highest BCUT2D eigenvalue weighted by atomic mass is 19.1. The van der Waals surface area contributed by atoms with E-state index in [1.165, 1.54) is 12.1 Å². The lowest BCUT2D eigenvalue weighted by Gasteiger charge is -2.18. The molecule has 5 nitrogen and oxygen atoms in total. The van der Waals surface area contributed by atoms with Crippen LogP contribution in [0.2, 0.25) is 0 Å². The van der Waals surface area contributed by atoms with Crippen LogP contribution in [0.3, 0.4) is 0 Å². The van der Waals surface area contributed by atoms with Gasteiger partial charge in [0, 0.05) is 28.9 Å². The molecule has 2 rings (SSSR count). The van der Waals surface area contributed by atoms with Crippen molar-refractivity contribution < 1.29 is 14.3 Å². The van der Waals surface area contributed by atoms with Gasteiger partial charge in [-0.25, -0.2) is 9.18 Å². The Bertz CT molecular complexity index is 659. The Balaban J connectivity index is 2.16. The molecular weight excluding hydrogens is 273 g/mol. The summed E-state index contributed by atoms with van der Waals surface area (Å²) in [6.45, 7) is 6.70. The van der Waals surface area contributed by atoms with E-state index in [1.54, 1.807) is 6.20 Å². The van der Waals surface area contributed by atoms with Gasteiger partial charge in [-0.1, -0.05) is 20.8 Å². The number of aromatic nitrogens is 2. The molecule has 0 aliphatic carbocycles. The van der Waals surface area contributed by atoms with E-state index in [0.29, 0.717) is 12.2 Å². The number of nitrogens with one attached hydrogen (secondary N) is 2. The van der Waals surface area contributed by atoms with E-state index < -0.39 is 11.8 Å². The van der Waals surface area contributed by atoms with Crippen LogP contribution in [-0.4, -0.2) is 21.3 Å². The lowest BCUT2D eigenvalue weighted by Crippen LogP contribution is -2.15. The number of hydrogen-bond donors (Lipinski definition) is 3. The average molecular weight is 291 g/mol. The highest BCUT2D eigenvalue weighted by Gasteiger charge is 2.19. The first kappa shape index (κ1) is 15.0. The van der Waals surface area contributed by atoms with Crippen LogP contribution in [0.5, 0.6) is 0 Å². The molecule has 0 spiro atoms. The molecule has 0 aliphatic rings. The predicted octanol–water partition coefficient (Wildman–Crippen LogP) is 3.16. The highest BCUT2D eigenvalue weighted by molar-refractivity contribution is 5.89. The number of nitrogens with zero attached hydrogens (tertiary/aromatic N) is 1. The number of carboxylic acid groups (broad SMARTS) is 1. The van der Waals surface area contributed by atoms with E-state index in [4.69, 9.17) is 5.11 Å². The number of aromatic carboxylic acids is 1. The van der Waals surface area contributed by atoms with Crippen molar-refractivity contribution in [2.45, 2.75) is 32.7 Å². The Morgan fingerprint density at radius 1 is 1.43 bits per heavy atom. The summed E-state index contributed by atoms with van der Waals surface area (Å²) in [4.78, 5) is 10.9. The molecule has 1 aromatic carbocycles. The molecule has 112 valence electrons. The van der Waals surface area contributed by atoms with Crippen LogP contribution in [0, 0.1) is 5.82 Å². The first-order valence-electron chi connectivity index (χ1n) is 6.58. The van der Waals surface area contributed by atoms with Crippen molar-refractivity contribution in [1.29, 1.82) is 0 Å². The zero-order valence-corrected chi connectivity index (χ0v) is 12.2. The first-order valence-corrected chi connectivity index (χ1v) is 6.58. The Kier molecular flexibility index (Phi) is 3.97. The van der Waals surface area contributed by atoms with Gasteiger partial charge in [-0.05, 0) is 18.2 Å². The number of carboxylic acids is 1. The van der Waals surface area contributed by atoms with Crippen molar-refractivity contribution >= 4 is 11.7 Å². The van der Waals surface area contributed by atoms with Crippen LogP contribution < -0.4 is 5.32 Å². The zero-order chi connectivity index (χ0) is 15.6. The number of halogens is 1. The molecule has 0 saturated heterocycles. The van der Waals surface area contributed by atoms with Crippen molar-refractivity contribution in [3.8, 4) is 0 Å². The van der Waals surface area contributed by atoms with Gasteiger partial charge < -0.3 is 10.4 Å². The second-order valence-electron chi connectivity index (χ2n) is 5.87. The molecule has 0 saturated carbocycles. The lowest BCUT2D eigenvalue weighted by atomic mass is 9.89. The topological polar surface area (TPSA) is 78.0 Å². The molecule has 0 atom stereocenters. The van der Waals surface area contributed by atoms with E-state index in [0.717, 1.165) is 17.3 Å². The Labute approximate surface area is 122 Å². The largest absolute Gasteiger partial charge is 0.478 e. The van der Waals surface area contributed by atoms with Gasteiger partial charge in [-0.15, -0.1) is 0 Å². The molecule has 0 bridgehead atoms. The van der Waals surface area contributed by atoms with Gasteiger partial charge in [0.25, 0.3) is 0 Å². The Hall–Kier alpha value is -2.37. The summed E-state index contributed by atoms with van der Waals surface area (Å²) in [5, 5.41) is 19.0. The summed E-state index contributed by atoms with van der Waals surface area (Å²) in [6.07, 6.45) is 1.73. The molecule has 1 heterocycles. The number of anilines is 1. The van der Waals surface area contributed by atoms with Gasteiger partial charge in [0.15, 0.2) is 0 Å². The van der Waals surface area contributed by atoms with E-state index in [9.17, 15) is 9.18 Å². The molecular formula is C15H18FN3O2. The fourth-order valence-corrected chi connectivity index (χ4v) is 2.09. The zero-order valence-electron chi connectivity index (χ0n) is 12.2. The molecule has 0 unspecified atom stereocenters. The van der Waals surface area contributed by atoms with E-state index >= 15 is 0 Å². The number of aromatic amines is 1. The van der Waals surface area contributed by atoms with Gasteiger partial charge in [-0.3, -0.25) is 5.10 Å². The third-order valence-electron chi connectivity index (χ3n) is 3.15. The fourth-order valence-electron chi connectivity index (χ4n) is 2.09. The predicted molar refractivity (Wildman–Crippen MR) is 78.0 cm³/mol. The van der Waals surface area contributed by atoms with Crippen molar-refractivity contribution in [3.05, 3.63) is 47.0 Å². The number of carbonyl (C=O) groups is 1. The van der Waals surface area contributed by atoms with Crippen LogP contribution in [0.25, 0.3) is 0 Å². The smallest absolute Gasteiger partial charge is 0.338 e. The molecule has 1 aromatic heterocycles. The van der Waals surface area contributed by atoms with Crippen LogP contribution in [0.15, 0.2) is 24.4 Å². The normalized spacial score (nSPS) is 11.4. The minimum Gasteiger partial charge on any atom is -0.478 e. The lowest BCUT2D eigenvalue weighted by molar-refractivity contribution is 0.0692. The van der Waals surface area contributed by atoms with Crippen molar-refractivity contribution in [3.63, 3.8) is 0 Å². The first-order chi connectivity index (χ1) is 9.79. The summed E-state index contributed by atoms with van der Waals surface area (Å²) in [5.74, 6) is -2.03. The molecule has 0 amide bonds. The van der Waals surface area contributed by atoms with Crippen LogP contribution in [-0.2, 0) is 12.0 Å². The van der Waals surface area contributed by atoms with Crippen LogP contribution in [0.1, 0.15) is 42.4 Å². The Morgan fingerprint density at radius 3 is 2.76 bits per heavy atom. The van der Waals surface area contributed by atoms with E-state index in [1.807, 2.05) is 0 Å². The molecule has 2 aromatic rings. The summed E-state index contributed by atoms with van der Waals surface area (Å²) in [6, 6.07) is 3.94. The maximum absolute atomic E-state index is 13.3. The summed E-state index contributed by atoms with van der Waals surface area (Å²) < 4.78 is 13.3. The SMILES string of the molecule is CC(C)(C)c1[nH]ncc1CNc1ccc(F)c(C(=O)O)c1. The van der Waals surface area contributed by atoms with Crippen molar-refractivity contribution in [2.24, 2.45) is 0 Å². The molecule has 0 radical (unpaired) electrons. The van der Waals surface area contributed by atoms with Crippen molar-refractivity contribution in [1.82, 2.24) is 10.2 Å². The quantitative estimate of drug-likeness (QED) is 0.808. The Morgan fingerprint density at radius 2 is 2.14 bits per heavy atom. The maximum atomic E-state index is 13.3. The summed E-state index contributed by atoms with van der Waals surface area (Å²) in [5.41, 5.74) is 2.14. The molecule has 6 heteroatoms. The minimum absolute atomic E-state index is 0.0669. The molecule has 3 N–H and O–H groups in total. The highest BCUT2D eigenvalue weighted by Crippen LogP contribution is 2.24. The van der Waals surface area contributed by atoms with Gasteiger partial charge >= 0.3 is 5.97 Å². The monoisotopic (exact) mass is 291 g/mol. The number of hydrogen-bond acceptors (Lipinski definition) is 3. The van der Waals surface area contributed by atoms with Gasteiger partial charge in [0.05, 0.1) is 11.8 Å². The summed E-state index contributed by atoms with van der Waals surface area (Å²) in [7, 11) is 0.